The lowest BCUT2D eigenvalue weighted by Crippen LogP contribution is -2.38. The van der Waals surface area contributed by atoms with E-state index in [4.69, 9.17) is 16.6 Å². The maximum absolute atomic E-state index is 6.19. The molecule has 0 spiro atoms. The van der Waals surface area contributed by atoms with Crippen LogP contribution in [-0.4, -0.2) is 36.0 Å². The zero-order valence-corrected chi connectivity index (χ0v) is 15.4. The van der Waals surface area contributed by atoms with Crippen LogP contribution < -0.4 is 5.32 Å². The summed E-state index contributed by atoms with van der Waals surface area (Å²) in [7, 11) is 2.03. The molecular weight excluding hydrogens is 328 g/mol. The van der Waals surface area contributed by atoms with Gasteiger partial charge >= 0.3 is 0 Å². The molecule has 1 aromatic heterocycles. The molecule has 1 N–H and O–H groups in total. The Morgan fingerprint density at radius 2 is 2.17 bits per heavy atom. The first-order valence-corrected chi connectivity index (χ1v) is 8.99. The van der Waals surface area contributed by atoms with E-state index >= 15 is 0 Å². The smallest absolute Gasteiger partial charge is 0.194 e. The van der Waals surface area contributed by atoms with E-state index in [1.165, 1.54) is 0 Å². The van der Waals surface area contributed by atoms with Crippen molar-refractivity contribution in [2.24, 2.45) is 4.99 Å². The molecule has 23 heavy (non-hydrogen) atoms. The van der Waals surface area contributed by atoms with Crippen molar-refractivity contribution in [3.05, 3.63) is 50.9 Å². The van der Waals surface area contributed by atoms with E-state index in [0.29, 0.717) is 6.54 Å². The van der Waals surface area contributed by atoms with Crippen LogP contribution in [0.3, 0.4) is 0 Å². The van der Waals surface area contributed by atoms with Gasteiger partial charge < -0.3 is 10.2 Å². The van der Waals surface area contributed by atoms with Crippen LogP contribution in [0.1, 0.15) is 23.2 Å². The Balaban J connectivity index is 1.97. The fraction of sp³-hybridized carbons (Fsp3) is 0.412. The number of aryl methyl sites for hydroxylation is 1. The van der Waals surface area contributed by atoms with E-state index < -0.39 is 0 Å². The molecule has 0 saturated heterocycles. The SMILES string of the molecule is CCNC(=NCCc1ccccc1Cl)N(C)Cc1csc(C)n1. The largest absolute Gasteiger partial charge is 0.357 e. The number of rotatable bonds is 6. The van der Waals surface area contributed by atoms with E-state index in [0.717, 1.165) is 46.8 Å². The summed E-state index contributed by atoms with van der Waals surface area (Å²) in [6.07, 6.45) is 0.832. The second kappa shape index (κ2) is 8.89. The summed E-state index contributed by atoms with van der Waals surface area (Å²) in [5, 5.41) is 7.32. The standard InChI is InChI=1S/C17H23ClN4S/c1-4-19-17(22(3)11-15-12-23-13(2)21-15)20-10-9-14-7-5-6-8-16(14)18/h5-8,12H,4,9-11H2,1-3H3,(H,19,20). The maximum Gasteiger partial charge on any atom is 0.194 e. The molecule has 2 rings (SSSR count). The number of nitrogens with zero attached hydrogens (tertiary/aromatic N) is 3. The van der Waals surface area contributed by atoms with Gasteiger partial charge in [0.15, 0.2) is 5.96 Å². The van der Waals surface area contributed by atoms with Crippen molar-refractivity contribution in [2.45, 2.75) is 26.8 Å². The second-order valence-electron chi connectivity index (χ2n) is 5.29. The van der Waals surface area contributed by atoms with Gasteiger partial charge in [-0.1, -0.05) is 29.8 Å². The fourth-order valence-corrected chi connectivity index (χ4v) is 3.09. The van der Waals surface area contributed by atoms with Crippen molar-refractivity contribution in [3.8, 4) is 0 Å². The first-order chi connectivity index (χ1) is 11.1. The van der Waals surface area contributed by atoms with E-state index in [1.54, 1.807) is 11.3 Å². The lowest BCUT2D eigenvalue weighted by molar-refractivity contribution is 0.471. The van der Waals surface area contributed by atoms with Crippen LogP contribution in [0, 0.1) is 6.92 Å². The van der Waals surface area contributed by atoms with Crippen LogP contribution in [-0.2, 0) is 13.0 Å². The minimum Gasteiger partial charge on any atom is -0.357 e. The van der Waals surface area contributed by atoms with Gasteiger partial charge in [-0.2, -0.15) is 0 Å². The van der Waals surface area contributed by atoms with Gasteiger partial charge in [0.25, 0.3) is 0 Å². The van der Waals surface area contributed by atoms with Gasteiger partial charge in [0.2, 0.25) is 0 Å². The molecular formula is C17H23ClN4S. The molecule has 1 aromatic carbocycles. The van der Waals surface area contributed by atoms with Crippen molar-refractivity contribution in [2.75, 3.05) is 20.1 Å². The predicted molar refractivity (Wildman–Crippen MR) is 99.5 cm³/mol. The average Bonchev–Trinajstić information content (AvgIpc) is 2.93. The number of halogens is 1. The predicted octanol–water partition coefficient (Wildman–Crippen LogP) is 3.74. The molecule has 0 aliphatic heterocycles. The Labute approximate surface area is 147 Å². The molecule has 6 heteroatoms. The molecule has 0 amide bonds. The molecule has 0 atom stereocenters. The zero-order valence-electron chi connectivity index (χ0n) is 13.8. The van der Waals surface area contributed by atoms with Crippen molar-refractivity contribution in [1.82, 2.24) is 15.2 Å². The Morgan fingerprint density at radius 3 is 2.83 bits per heavy atom. The van der Waals surface area contributed by atoms with Crippen LogP contribution in [0.25, 0.3) is 0 Å². The quantitative estimate of drug-likeness (QED) is 0.637. The van der Waals surface area contributed by atoms with Crippen LogP contribution >= 0.6 is 22.9 Å². The number of hydrogen-bond donors (Lipinski definition) is 1. The maximum atomic E-state index is 6.19. The van der Waals surface area contributed by atoms with Gasteiger partial charge in [0.1, 0.15) is 0 Å². The average molecular weight is 351 g/mol. The summed E-state index contributed by atoms with van der Waals surface area (Å²) < 4.78 is 0. The molecule has 1 heterocycles. The Hall–Kier alpha value is -1.59. The monoisotopic (exact) mass is 350 g/mol. The summed E-state index contributed by atoms with van der Waals surface area (Å²) in [4.78, 5) is 11.3. The van der Waals surface area contributed by atoms with E-state index in [2.05, 4.69) is 27.5 Å². The molecule has 0 aliphatic rings. The van der Waals surface area contributed by atoms with E-state index in [9.17, 15) is 0 Å². The van der Waals surface area contributed by atoms with E-state index in [-0.39, 0.29) is 0 Å². The van der Waals surface area contributed by atoms with Crippen LogP contribution in [0.2, 0.25) is 5.02 Å². The number of aliphatic imine (C=N–C) groups is 1. The van der Waals surface area contributed by atoms with Gasteiger partial charge in [-0.3, -0.25) is 4.99 Å². The first kappa shape index (κ1) is 17.8. The molecule has 0 fully saturated rings. The van der Waals surface area contributed by atoms with Crippen LogP contribution in [0.4, 0.5) is 0 Å². The molecule has 0 bridgehead atoms. The summed E-state index contributed by atoms with van der Waals surface area (Å²) in [6.45, 7) is 6.39. The number of aromatic nitrogens is 1. The highest BCUT2D eigenvalue weighted by Gasteiger charge is 2.08. The topological polar surface area (TPSA) is 40.5 Å². The number of nitrogens with one attached hydrogen (secondary N) is 1. The lowest BCUT2D eigenvalue weighted by Gasteiger charge is -2.21. The van der Waals surface area contributed by atoms with Crippen molar-refractivity contribution in [3.63, 3.8) is 0 Å². The zero-order chi connectivity index (χ0) is 16.7. The van der Waals surface area contributed by atoms with Crippen molar-refractivity contribution >= 4 is 28.9 Å². The van der Waals surface area contributed by atoms with Crippen LogP contribution in [0.15, 0.2) is 34.6 Å². The van der Waals surface area contributed by atoms with Gasteiger partial charge in [-0.15, -0.1) is 11.3 Å². The van der Waals surface area contributed by atoms with Gasteiger partial charge in [0.05, 0.1) is 17.2 Å². The number of guanidine groups is 1. The van der Waals surface area contributed by atoms with Crippen molar-refractivity contribution in [1.29, 1.82) is 0 Å². The molecule has 0 unspecified atom stereocenters. The summed E-state index contributed by atoms with van der Waals surface area (Å²) in [6, 6.07) is 7.92. The Morgan fingerprint density at radius 1 is 1.39 bits per heavy atom. The lowest BCUT2D eigenvalue weighted by atomic mass is 10.1. The molecule has 0 radical (unpaired) electrons. The molecule has 4 nitrogen and oxygen atoms in total. The molecule has 124 valence electrons. The molecule has 0 saturated carbocycles. The third-order valence-corrected chi connectivity index (χ3v) is 4.55. The van der Waals surface area contributed by atoms with E-state index in [1.807, 2.05) is 38.2 Å². The van der Waals surface area contributed by atoms with Gasteiger partial charge in [-0.05, 0) is 31.9 Å². The van der Waals surface area contributed by atoms with Gasteiger partial charge in [-0.25, -0.2) is 4.98 Å². The summed E-state index contributed by atoms with van der Waals surface area (Å²) in [5.41, 5.74) is 2.21. The second-order valence-corrected chi connectivity index (χ2v) is 6.76. The molecule has 0 aliphatic carbocycles. The summed E-state index contributed by atoms with van der Waals surface area (Å²) in [5.74, 6) is 0.894. The Bertz CT molecular complexity index is 654. The number of benzene rings is 1. The highest BCUT2D eigenvalue weighted by atomic mass is 35.5. The Kier molecular flexibility index (Phi) is 6.86. The van der Waals surface area contributed by atoms with Gasteiger partial charge in [0, 0.05) is 30.5 Å². The minimum atomic E-state index is 0.701. The number of thiazole rings is 1. The third-order valence-electron chi connectivity index (χ3n) is 3.36. The highest BCUT2D eigenvalue weighted by molar-refractivity contribution is 7.09. The number of hydrogen-bond acceptors (Lipinski definition) is 3. The summed E-state index contributed by atoms with van der Waals surface area (Å²) >= 11 is 7.87. The normalized spacial score (nSPS) is 11.6. The first-order valence-electron chi connectivity index (χ1n) is 7.74. The highest BCUT2D eigenvalue weighted by Crippen LogP contribution is 2.15. The van der Waals surface area contributed by atoms with Crippen molar-refractivity contribution < 1.29 is 0 Å². The minimum absolute atomic E-state index is 0.701. The molecule has 2 aromatic rings. The fourth-order valence-electron chi connectivity index (χ4n) is 2.25. The van der Waals surface area contributed by atoms with Crippen LogP contribution in [0.5, 0.6) is 0 Å². The third kappa shape index (κ3) is 5.52.